The maximum Gasteiger partial charge on any atom is 0.0715 e. The summed E-state index contributed by atoms with van der Waals surface area (Å²) in [5, 5.41) is 2.53. The Hall–Kier alpha value is -6.51. The maximum absolute atomic E-state index is 5.24. The standard InChI is InChI=1S/C51H38N2/c1-34-42-21-10-11-23-44(42)43-22-9-8-20-37(43)31-47(34)40-28-38(29-41(30-40)53-50-26-14-12-24-45(50)46-25-13-15-27-51(46)53)39-32-48(35-16-4-2-5-17-35)52-49(33-39)36-18-6-3-7-19-36/h2-30,32-34,47H,31H2,1H3. The normalized spacial score (nSPS) is 15.2. The minimum atomic E-state index is 0.260. The number of hydrogen-bond donors (Lipinski definition) is 0. The molecule has 0 bridgehead atoms. The lowest BCUT2D eigenvalue weighted by Gasteiger charge is -2.26. The molecule has 252 valence electrons. The summed E-state index contributed by atoms with van der Waals surface area (Å²) in [6, 6.07) is 68.7. The first-order chi connectivity index (χ1) is 26.2. The summed E-state index contributed by atoms with van der Waals surface area (Å²) in [6.45, 7) is 2.43. The van der Waals surface area contributed by atoms with Gasteiger partial charge < -0.3 is 4.57 Å². The minimum Gasteiger partial charge on any atom is -0.309 e. The van der Waals surface area contributed by atoms with Crippen molar-refractivity contribution in [3.8, 4) is 50.5 Å². The predicted octanol–water partition coefficient (Wildman–Crippen LogP) is 13.3. The van der Waals surface area contributed by atoms with Crippen molar-refractivity contribution in [2.75, 3.05) is 0 Å². The van der Waals surface area contributed by atoms with Crippen LogP contribution in [0, 0.1) is 0 Å². The number of aromatic nitrogens is 2. The second-order valence-electron chi connectivity index (χ2n) is 14.4. The highest BCUT2D eigenvalue weighted by Gasteiger charge is 2.29. The predicted molar refractivity (Wildman–Crippen MR) is 222 cm³/mol. The summed E-state index contributed by atoms with van der Waals surface area (Å²) in [5.41, 5.74) is 17.0. The van der Waals surface area contributed by atoms with Crippen LogP contribution in [0.4, 0.5) is 0 Å². The van der Waals surface area contributed by atoms with E-state index in [4.69, 9.17) is 4.98 Å². The molecule has 53 heavy (non-hydrogen) atoms. The van der Waals surface area contributed by atoms with Crippen molar-refractivity contribution >= 4 is 21.8 Å². The number of pyridine rings is 1. The van der Waals surface area contributed by atoms with Crippen molar-refractivity contribution < 1.29 is 0 Å². The van der Waals surface area contributed by atoms with Crippen LogP contribution in [0.1, 0.15) is 35.4 Å². The van der Waals surface area contributed by atoms with Crippen LogP contribution in [0.15, 0.2) is 188 Å². The number of rotatable bonds is 5. The van der Waals surface area contributed by atoms with Crippen LogP contribution in [-0.2, 0) is 6.42 Å². The lowest BCUT2D eigenvalue weighted by molar-refractivity contribution is 0.579. The molecular formula is C51H38N2. The van der Waals surface area contributed by atoms with E-state index in [0.29, 0.717) is 5.92 Å². The van der Waals surface area contributed by atoms with Gasteiger partial charge in [0.1, 0.15) is 0 Å². The zero-order chi connectivity index (χ0) is 35.3. The molecular weight excluding hydrogens is 641 g/mol. The van der Waals surface area contributed by atoms with E-state index in [1.807, 2.05) is 0 Å². The van der Waals surface area contributed by atoms with Gasteiger partial charge in [0.15, 0.2) is 0 Å². The van der Waals surface area contributed by atoms with Crippen molar-refractivity contribution in [3.63, 3.8) is 0 Å². The van der Waals surface area contributed by atoms with E-state index in [1.165, 1.54) is 60.9 Å². The Balaban J connectivity index is 1.25. The van der Waals surface area contributed by atoms with Gasteiger partial charge in [0.05, 0.1) is 22.4 Å². The molecule has 0 N–H and O–H groups in total. The maximum atomic E-state index is 5.24. The highest BCUT2D eigenvalue weighted by Crippen LogP contribution is 2.46. The molecule has 0 amide bonds. The van der Waals surface area contributed by atoms with Gasteiger partial charge in [0, 0.05) is 27.6 Å². The van der Waals surface area contributed by atoms with Gasteiger partial charge >= 0.3 is 0 Å². The molecule has 0 aliphatic heterocycles. The van der Waals surface area contributed by atoms with Gasteiger partial charge in [-0.3, -0.25) is 0 Å². The summed E-state index contributed by atoms with van der Waals surface area (Å²) in [7, 11) is 0. The smallest absolute Gasteiger partial charge is 0.0715 e. The molecule has 2 unspecified atom stereocenters. The Morgan fingerprint density at radius 3 is 1.66 bits per heavy atom. The Bertz CT molecular complexity index is 2660. The quantitative estimate of drug-likeness (QED) is 0.177. The fraction of sp³-hybridized carbons (Fsp3) is 0.0784. The third kappa shape index (κ3) is 5.46. The molecule has 2 aromatic heterocycles. The SMILES string of the molecule is CC1c2ccccc2-c2ccccc2CC1c1cc(-c2cc(-c3ccccc3)nc(-c3ccccc3)c2)cc(-n2c3ccccc3c3ccccc32)c1. The Morgan fingerprint density at radius 2 is 1.00 bits per heavy atom. The molecule has 1 aliphatic carbocycles. The van der Waals surface area contributed by atoms with Crippen LogP contribution < -0.4 is 0 Å². The molecule has 0 saturated carbocycles. The fourth-order valence-electron chi connectivity index (χ4n) is 8.69. The average molecular weight is 679 g/mol. The van der Waals surface area contributed by atoms with Gasteiger partial charge in [-0.15, -0.1) is 0 Å². The number of nitrogens with zero attached hydrogens (tertiary/aromatic N) is 2. The Kier molecular flexibility index (Phi) is 7.61. The van der Waals surface area contributed by atoms with Gasteiger partial charge in [-0.25, -0.2) is 4.98 Å². The van der Waals surface area contributed by atoms with E-state index in [9.17, 15) is 0 Å². The highest BCUT2D eigenvalue weighted by molar-refractivity contribution is 6.09. The van der Waals surface area contributed by atoms with Crippen molar-refractivity contribution in [1.82, 2.24) is 9.55 Å². The van der Waals surface area contributed by atoms with Crippen molar-refractivity contribution in [2.24, 2.45) is 0 Å². The van der Waals surface area contributed by atoms with Gasteiger partial charge in [0.2, 0.25) is 0 Å². The van der Waals surface area contributed by atoms with Crippen LogP contribution in [0.5, 0.6) is 0 Å². The lowest BCUT2D eigenvalue weighted by atomic mass is 9.79. The van der Waals surface area contributed by atoms with Crippen LogP contribution in [0.3, 0.4) is 0 Å². The van der Waals surface area contributed by atoms with E-state index < -0.39 is 0 Å². The number of para-hydroxylation sites is 2. The largest absolute Gasteiger partial charge is 0.309 e. The first-order valence-electron chi connectivity index (χ1n) is 18.6. The topological polar surface area (TPSA) is 17.8 Å². The summed E-state index contributed by atoms with van der Waals surface area (Å²) >= 11 is 0. The molecule has 0 radical (unpaired) electrons. The first-order valence-corrected chi connectivity index (χ1v) is 18.6. The van der Waals surface area contributed by atoms with E-state index in [-0.39, 0.29) is 5.92 Å². The zero-order valence-electron chi connectivity index (χ0n) is 29.7. The molecule has 0 spiro atoms. The van der Waals surface area contributed by atoms with Crippen molar-refractivity contribution in [1.29, 1.82) is 0 Å². The molecule has 2 heteroatoms. The van der Waals surface area contributed by atoms with E-state index in [0.717, 1.165) is 34.5 Å². The Morgan fingerprint density at radius 1 is 0.472 bits per heavy atom. The zero-order valence-corrected chi connectivity index (χ0v) is 29.7. The highest BCUT2D eigenvalue weighted by atomic mass is 15.0. The molecule has 10 rings (SSSR count). The Labute approximate surface area is 310 Å². The van der Waals surface area contributed by atoms with Crippen molar-refractivity contribution in [2.45, 2.75) is 25.2 Å². The third-order valence-corrected chi connectivity index (χ3v) is 11.3. The van der Waals surface area contributed by atoms with Gasteiger partial charge in [-0.05, 0) is 93.6 Å². The second kappa shape index (κ2) is 12.9. The van der Waals surface area contributed by atoms with E-state index in [2.05, 4.69) is 200 Å². The summed E-state index contributed by atoms with van der Waals surface area (Å²) in [6.07, 6.45) is 0.961. The summed E-state index contributed by atoms with van der Waals surface area (Å²) in [5.74, 6) is 0.563. The van der Waals surface area contributed by atoms with E-state index >= 15 is 0 Å². The van der Waals surface area contributed by atoms with Crippen LogP contribution >= 0.6 is 0 Å². The molecule has 0 fully saturated rings. The van der Waals surface area contributed by atoms with E-state index in [1.54, 1.807) is 0 Å². The number of fused-ring (bicyclic) bond motifs is 6. The number of hydrogen-bond acceptors (Lipinski definition) is 1. The molecule has 2 heterocycles. The van der Waals surface area contributed by atoms with Gasteiger partial charge in [-0.2, -0.15) is 0 Å². The van der Waals surface area contributed by atoms with Crippen LogP contribution in [0.25, 0.3) is 72.3 Å². The fourth-order valence-corrected chi connectivity index (χ4v) is 8.69. The van der Waals surface area contributed by atoms with Gasteiger partial charge in [-0.1, -0.05) is 159 Å². The summed E-state index contributed by atoms with van der Waals surface area (Å²) < 4.78 is 2.47. The second-order valence-corrected chi connectivity index (χ2v) is 14.4. The van der Waals surface area contributed by atoms with Crippen LogP contribution in [0.2, 0.25) is 0 Å². The molecule has 0 saturated heterocycles. The molecule has 2 nitrogen and oxygen atoms in total. The first kappa shape index (κ1) is 31.2. The molecule has 9 aromatic rings. The molecule has 1 aliphatic rings. The lowest BCUT2D eigenvalue weighted by Crippen LogP contribution is -2.11. The molecule has 7 aromatic carbocycles. The van der Waals surface area contributed by atoms with Gasteiger partial charge in [0.25, 0.3) is 0 Å². The summed E-state index contributed by atoms with van der Waals surface area (Å²) in [4.78, 5) is 5.24. The average Bonchev–Trinajstić information content (AvgIpc) is 3.51. The number of benzene rings is 7. The monoisotopic (exact) mass is 678 g/mol. The minimum absolute atomic E-state index is 0.260. The molecule has 2 atom stereocenters. The van der Waals surface area contributed by atoms with Crippen LogP contribution in [-0.4, -0.2) is 9.55 Å². The third-order valence-electron chi connectivity index (χ3n) is 11.3. The van der Waals surface area contributed by atoms with Crippen molar-refractivity contribution in [3.05, 3.63) is 205 Å².